The number of aryl methyl sites for hydroxylation is 4. The molecule has 0 saturated carbocycles. The van der Waals surface area contributed by atoms with Gasteiger partial charge in [-0.15, -0.1) is 0 Å². The molecule has 4 rings (SSSR count). The molecule has 0 atom stereocenters. The molecule has 1 heterocycles. The summed E-state index contributed by atoms with van der Waals surface area (Å²) in [5.41, 5.74) is 7.48. The predicted molar refractivity (Wildman–Crippen MR) is 109 cm³/mol. The first kappa shape index (κ1) is 16.6. The number of fused-ring (bicyclic) bond motifs is 1. The summed E-state index contributed by atoms with van der Waals surface area (Å²) in [5.74, 6) is 1.08. The van der Waals surface area contributed by atoms with Gasteiger partial charge in [-0.2, -0.15) is 0 Å². The summed E-state index contributed by atoms with van der Waals surface area (Å²) in [6.45, 7) is 5.29. The summed E-state index contributed by atoms with van der Waals surface area (Å²) >= 11 is 0. The molecule has 0 aliphatic rings. The lowest BCUT2D eigenvalue weighted by Crippen LogP contribution is -2.03. The molecule has 2 nitrogen and oxygen atoms in total. The lowest BCUT2D eigenvalue weighted by Gasteiger charge is -2.12. The second kappa shape index (κ2) is 7.17. The van der Waals surface area contributed by atoms with Crippen LogP contribution in [-0.2, 0) is 13.0 Å². The Kier molecular flexibility index (Phi) is 4.57. The minimum atomic E-state index is 0.970. The maximum Gasteiger partial charge on any atom is 0.141 e. The zero-order valence-corrected chi connectivity index (χ0v) is 15.4. The summed E-state index contributed by atoms with van der Waals surface area (Å²) in [4.78, 5) is 4.96. The van der Waals surface area contributed by atoms with Crippen LogP contribution in [0.2, 0.25) is 0 Å². The van der Waals surface area contributed by atoms with E-state index in [0.29, 0.717) is 0 Å². The molecule has 0 bridgehead atoms. The molecule has 0 spiro atoms. The van der Waals surface area contributed by atoms with Crippen molar-refractivity contribution in [2.24, 2.45) is 0 Å². The van der Waals surface area contributed by atoms with Crippen molar-refractivity contribution >= 4 is 11.0 Å². The first-order valence-corrected chi connectivity index (χ1v) is 9.29. The van der Waals surface area contributed by atoms with Crippen LogP contribution in [0.1, 0.15) is 23.1 Å². The zero-order valence-electron chi connectivity index (χ0n) is 15.4. The van der Waals surface area contributed by atoms with Crippen molar-refractivity contribution in [3.8, 4) is 11.4 Å². The van der Waals surface area contributed by atoms with Gasteiger partial charge in [-0.25, -0.2) is 4.98 Å². The molecule has 2 heteroatoms. The van der Waals surface area contributed by atoms with E-state index in [4.69, 9.17) is 4.98 Å². The van der Waals surface area contributed by atoms with Gasteiger partial charge in [0, 0.05) is 12.1 Å². The van der Waals surface area contributed by atoms with Crippen LogP contribution in [0.3, 0.4) is 0 Å². The largest absolute Gasteiger partial charge is 0.324 e. The topological polar surface area (TPSA) is 17.8 Å². The molecule has 3 aromatic carbocycles. The van der Waals surface area contributed by atoms with Crippen molar-refractivity contribution in [3.05, 3.63) is 89.5 Å². The van der Waals surface area contributed by atoms with E-state index in [2.05, 4.69) is 91.2 Å². The quantitative estimate of drug-likeness (QED) is 0.439. The molecule has 0 fully saturated rings. The SMILES string of the molecule is Cc1ccc(-c2nc3ccccc3n2CCCc2ccccc2)c(C)c1. The van der Waals surface area contributed by atoms with Gasteiger partial charge in [0.05, 0.1) is 11.0 Å². The predicted octanol–water partition coefficient (Wildman–Crippen LogP) is 5.95. The fourth-order valence-corrected chi connectivity index (χ4v) is 3.66. The van der Waals surface area contributed by atoms with Crippen molar-refractivity contribution in [2.75, 3.05) is 0 Å². The summed E-state index contributed by atoms with van der Waals surface area (Å²) in [5, 5.41) is 0. The van der Waals surface area contributed by atoms with Crippen molar-refractivity contribution in [2.45, 2.75) is 33.2 Å². The Morgan fingerprint density at radius 3 is 2.42 bits per heavy atom. The molecule has 0 radical (unpaired) electrons. The van der Waals surface area contributed by atoms with E-state index in [1.807, 2.05) is 0 Å². The Morgan fingerprint density at radius 1 is 0.846 bits per heavy atom. The standard InChI is InChI=1S/C24H24N2/c1-18-14-15-21(19(2)17-18)24-25-22-12-6-7-13-23(22)26(24)16-8-11-20-9-4-3-5-10-20/h3-7,9-10,12-15,17H,8,11,16H2,1-2H3. The van der Waals surface area contributed by atoms with E-state index in [0.717, 1.165) is 30.7 Å². The molecular formula is C24H24N2. The number of hydrogen-bond donors (Lipinski definition) is 0. The lowest BCUT2D eigenvalue weighted by atomic mass is 10.0. The number of rotatable bonds is 5. The molecule has 4 aromatic rings. The highest BCUT2D eigenvalue weighted by Gasteiger charge is 2.14. The Labute approximate surface area is 155 Å². The molecular weight excluding hydrogens is 316 g/mol. The van der Waals surface area contributed by atoms with Crippen LogP contribution in [0.5, 0.6) is 0 Å². The summed E-state index contributed by atoms with van der Waals surface area (Å²) in [7, 11) is 0. The molecule has 0 unspecified atom stereocenters. The Balaban J connectivity index is 1.70. The number of nitrogens with zero attached hydrogens (tertiary/aromatic N) is 2. The van der Waals surface area contributed by atoms with Crippen LogP contribution in [-0.4, -0.2) is 9.55 Å². The highest BCUT2D eigenvalue weighted by atomic mass is 15.1. The van der Waals surface area contributed by atoms with Crippen molar-refractivity contribution < 1.29 is 0 Å². The van der Waals surface area contributed by atoms with Gasteiger partial charge >= 0.3 is 0 Å². The van der Waals surface area contributed by atoms with Gasteiger partial charge in [-0.3, -0.25) is 0 Å². The third kappa shape index (κ3) is 3.28. The van der Waals surface area contributed by atoms with Gasteiger partial charge < -0.3 is 4.57 Å². The Bertz CT molecular complexity index is 1030. The van der Waals surface area contributed by atoms with Crippen LogP contribution in [0.25, 0.3) is 22.4 Å². The van der Waals surface area contributed by atoms with Crippen LogP contribution in [0, 0.1) is 13.8 Å². The van der Waals surface area contributed by atoms with Gasteiger partial charge in [-0.1, -0.05) is 66.2 Å². The van der Waals surface area contributed by atoms with Crippen LogP contribution < -0.4 is 0 Å². The second-order valence-electron chi connectivity index (χ2n) is 6.98. The van der Waals surface area contributed by atoms with Crippen molar-refractivity contribution in [3.63, 3.8) is 0 Å². The van der Waals surface area contributed by atoms with Gasteiger partial charge in [0.2, 0.25) is 0 Å². The minimum Gasteiger partial charge on any atom is -0.324 e. The summed E-state index contributed by atoms with van der Waals surface area (Å²) < 4.78 is 2.38. The van der Waals surface area contributed by atoms with E-state index in [-0.39, 0.29) is 0 Å². The Morgan fingerprint density at radius 2 is 1.62 bits per heavy atom. The maximum atomic E-state index is 4.96. The third-order valence-corrected chi connectivity index (χ3v) is 4.97. The molecule has 130 valence electrons. The maximum absolute atomic E-state index is 4.96. The summed E-state index contributed by atoms with van der Waals surface area (Å²) in [6, 6.07) is 25.8. The molecule has 0 saturated heterocycles. The van der Waals surface area contributed by atoms with Crippen molar-refractivity contribution in [1.29, 1.82) is 0 Å². The van der Waals surface area contributed by atoms with Gasteiger partial charge in [0.1, 0.15) is 5.82 Å². The van der Waals surface area contributed by atoms with Crippen LogP contribution in [0.4, 0.5) is 0 Å². The van der Waals surface area contributed by atoms with E-state index >= 15 is 0 Å². The van der Waals surface area contributed by atoms with Crippen LogP contribution in [0.15, 0.2) is 72.8 Å². The molecule has 0 aliphatic carbocycles. The number of para-hydroxylation sites is 2. The van der Waals surface area contributed by atoms with E-state index < -0.39 is 0 Å². The van der Waals surface area contributed by atoms with E-state index in [9.17, 15) is 0 Å². The number of benzene rings is 3. The van der Waals surface area contributed by atoms with Crippen LogP contribution >= 0.6 is 0 Å². The molecule has 1 aromatic heterocycles. The van der Waals surface area contributed by atoms with Gasteiger partial charge in [0.25, 0.3) is 0 Å². The lowest BCUT2D eigenvalue weighted by molar-refractivity contribution is 0.662. The monoisotopic (exact) mass is 340 g/mol. The fourth-order valence-electron chi connectivity index (χ4n) is 3.66. The average Bonchev–Trinajstić information content (AvgIpc) is 3.01. The molecule has 0 N–H and O–H groups in total. The molecule has 0 amide bonds. The molecule has 26 heavy (non-hydrogen) atoms. The second-order valence-corrected chi connectivity index (χ2v) is 6.98. The fraction of sp³-hybridized carbons (Fsp3) is 0.208. The minimum absolute atomic E-state index is 0.970. The Hall–Kier alpha value is -2.87. The van der Waals surface area contributed by atoms with Gasteiger partial charge in [-0.05, 0) is 49.9 Å². The highest BCUT2D eigenvalue weighted by Crippen LogP contribution is 2.28. The number of hydrogen-bond acceptors (Lipinski definition) is 1. The highest BCUT2D eigenvalue weighted by molar-refractivity contribution is 5.81. The van der Waals surface area contributed by atoms with Crippen molar-refractivity contribution in [1.82, 2.24) is 9.55 Å². The average molecular weight is 340 g/mol. The molecule has 0 aliphatic heterocycles. The van der Waals surface area contributed by atoms with Gasteiger partial charge in [0.15, 0.2) is 0 Å². The first-order valence-electron chi connectivity index (χ1n) is 9.29. The normalized spacial score (nSPS) is 11.2. The smallest absolute Gasteiger partial charge is 0.141 e. The number of imidazole rings is 1. The number of aromatic nitrogens is 2. The summed E-state index contributed by atoms with van der Waals surface area (Å²) in [6.07, 6.45) is 2.18. The van der Waals surface area contributed by atoms with E-state index in [1.54, 1.807) is 0 Å². The zero-order chi connectivity index (χ0) is 17.9. The third-order valence-electron chi connectivity index (χ3n) is 4.97. The first-order chi connectivity index (χ1) is 12.7. The van der Waals surface area contributed by atoms with E-state index in [1.165, 1.54) is 27.8 Å².